The summed E-state index contributed by atoms with van der Waals surface area (Å²) in [6.07, 6.45) is 5.83. The molecule has 0 unspecified atom stereocenters. The van der Waals surface area contributed by atoms with Crippen LogP contribution in [0.1, 0.15) is 31.4 Å². The van der Waals surface area contributed by atoms with Gasteiger partial charge in [0.2, 0.25) is 5.91 Å². The summed E-state index contributed by atoms with van der Waals surface area (Å²) < 4.78 is 12.8. The monoisotopic (exact) mass is 414 g/mol. The molecule has 8 heteroatoms. The van der Waals surface area contributed by atoms with Gasteiger partial charge in [-0.3, -0.25) is 9.48 Å². The lowest BCUT2D eigenvalue weighted by Crippen LogP contribution is -2.37. The zero-order valence-electron chi connectivity index (χ0n) is 16.8. The molecule has 1 fully saturated rings. The van der Waals surface area contributed by atoms with Gasteiger partial charge in [0.1, 0.15) is 0 Å². The van der Waals surface area contributed by atoms with Crippen LogP contribution in [-0.4, -0.2) is 40.6 Å². The first-order valence-corrected chi connectivity index (χ1v) is 10.9. The number of hydrogen-bond acceptors (Lipinski definition) is 6. The van der Waals surface area contributed by atoms with Gasteiger partial charge in [-0.1, -0.05) is 17.6 Å². The van der Waals surface area contributed by atoms with Gasteiger partial charge in [-0.2, -0.15) is 5.10 Å². The van der Waals surface area contributed by atoms with E-state index in [4.69, 9.17) is 9.26 Å². The number of hydrogen-bond donors (Lipinski definition) is 1. The number of aryl methyl sites for hydroxylation is 1. The van der Waals surface area contributed by atoms with E-state index in [1.165, 1.54) is 0 Å². The third-order valence-electron chi connectivity index (χ3n) is 5.44. The van der Waals surface area contributed by atoms with Crippen molar-refractivity contribution in [1.29, 1.82) is 0 Å². The lowest BCUT2D eigenvalue weighted by atomic mass is 9.86. The van der Waals surface area contributed by atoms with E-state index in [-0.39, 0.29) is 17.9 Å². The van der Waals surface area contributed by atoms with Gasteiger partial charge < -0.3 is 14.6 Å². The van der Waals surface area contributed by atoms with E-state index in [9.17, 15) is 4.79 Å². The Morgan fingerprint density at radius 3 is 3.07 bits per heavy atom. The molecule has 1 saturated carbocycles. The fourth-order valence-corrected chi connectivity index (χ4v) is 4.71. The first kappa shape index (κ1) is 19.8. The first-order valence-electron chi connectivity index (χ1n) is 9.99. The number of thiophene rings is 1. The molecule has 0 radical (unpaired) electrons. The van der Waals surface area contributed by atoms with Crippen molar-refractivity contribution in [3.05, 3.63) is 35.5 Å². The van der Waals surface area contributed by atoms with Crippen molar-refractivity contribution in [3.8, 4) is 21.9 Å². The summed E-state index contributed by atoms with van der Waals surface area (Å²) in [5.41, 5.74) is 2.73. The molecule has 0 saturated heterocycles. The molecular formula is C21H26N4O3S. The van der Waals surface area contributed by atoms with Crippen LogP contribution in [0.2, 0.25) is 0 Å². The van der Waals surface area contributed by atoms with Crippen molar-refractivity contribution in [2.45, 2.75) is 45.3 Å². The second-order valence-corrected chi connectivity index (χ2v) is 8.40. The van der Waals surface area contributed by atoms with Gasteiger partial charge in [0.05, 0.1) is 40.7 Å². The molecule has 3 aromatic rings. The van der Waals surface area contributed by atoms with E-state index in [0.717, 1.165) is 47.5 Å². The van der Waals surface area contributed by atoms with E-state index >= 15 is 0 Å². The Morgan fingerprint density at radius 1 is 1.45 bits per heavy atom. The predicted molar refractivity (Wildman–Crippen MR) is 112 cm³/mol. The van der Waals surface area contributed by atoms with E-state index in [0.29, 0.717) is 18.8 Å². The molecular weight excluding hydrogens is 388 g/mol. The molecule has 3 aromatic heterocycles. The van der Waals surface area contributed by atoms with Gasteiger partial charge in [-0.15, -0.1) is 11.3 Å². The van der Waals surface area contributed by atoms with Crippen molar-refractivity contribution in [2.75, 3.05) is 13.7 Å². The van der Waals surface area contributed by atoms with Crippen LogP contribution in [0.3, 0.4) is 0 Å². The number of methoxy groups -OCH3 is 1. The SMILES string of the molecule is CO[C@@H]1CCC[C@H](C(=O)NCCn2ncc(-c3cc(C)no3)c2-c2cccs2)C1. The van der Waals surface area contributed by atoms with E-state index in [1.807, 2.05) is 29.1 Å². The minimum absolute atomic E-state index is 0.0378. The highest BCUT2D eigenvalue weighted by Gasteiger charge is 2.27. The summed E-state index contributed by atoms with van der Waals surface area (Å²) in [4.78, 5) is 13.7. The zero-order valence-corrected chi connectivity index (χ0v) is 17.6. The van der Waals surface area contributed by atoms with Gasteiger partial charge in [0.25, 0.3) is 0 Å². The first-order chi connectivity index (χ1) is 14.2. The summed E-state index contributed by atoms with van der Waals surface area (Å²) in [5.74, 6) is 0.854. The van der Waals surface area contributed by atoms with Crippen LogP contribution in [0.5, 0.6) is 0 Å². The molecule has 1 aliphatic rings. The Balaban J connectivity index is 1.45. The second kappa shape index (κ2) is 8.92. The highest BCUT2D eigenvalue weighted by atomic mass is 32.1. The summed E-state index contributed by atoms with van der Waals surface area (Å²) in [5, 5.41) is 13.7. The van der Waals surface area contributed by atoms with Crippen LogP contribution >= 0.6 is 11.3 Å². The highest BCUT2D eigenvalue weighted by molar-refractivity contribution is 7.13. The average Bonchev–Trinajstić information content (AvgIpc) is 3.48. The zero-order chi connectivity index (χ0) is 20.2. The standard InChI is InChI=1S/C21H26N4O3S/c1-14-11-18(28-24-14)17-13-23-25(20(17)19-7-4-10-29-19)9-8-22-21(26)15-5-3-6-16(12-15)27-2/h4,7,10-11,13,15-16H,3,5-6,8-9,12H2,1-2H3,(H,22,26)/t15-,16+/m0/s1. The van der Waals surface area contributed by atoms with Crippen LogP contribution in [0, 0.1) is 12.8 Å². The minimum atomic E-state index is 0.0378. The van der Waals surface area contributed by atoms with Crippen LogP contribution in [0.4, 0.5) is 0 Å². The molecule has 29 heavy (non-hydrogen) atoms. The number of nitrogens with zero attached hydrogens (tertiary/aromatic N) is 3. The van der Waals surface area contributed by atoms with Gasteiger partial charge in [0, 0.05) is 25.6 Å². The number of carbonyl (C=O) groups excluding carboxylic acids is 1. The molecule has 4 rings (SSSR count). The Hall–Kier alpha value is -2.45. The summed E-state index contributed by atoms with van der Waals surface area (Å²) >= 11 is 1.65. The van der Waals surface area contributed by atoms with Crippen LogP contribution in [0.25, 0.3) is 21.9 Å². The Labute approximate surface area is 174 Å². The van der Waals surface area contributed by atoms with E-state index < -0.39 is 0 Å². The Morgan fingerprint density at radius 2 is 2.34 bits per heavy atom. The molecule has 0 aliphatic heterocycles. The maximum absolute atomic E-state index is 12.6. The van der Waals surface area contributed by atoms with Crippen molar-refractivity contribution in [2.24, 2.45) is 5.92 Å². The molecule has 0 spiro atoms. The molecule has 1 N–H and O–H groups in total. The van der Waals surface area contributed by atoms with Gasteiger partial charge in [0.15, 0.2) is 5.76 Å². The number of aromatic nitrogens is 3. The summed E-state index contributed by atoms with van der Waals surface area (Å²) in [6, 6.07) is 6.00. The number of carbonyl (C=O) groups is 1. The quantitative estimate of drug-likeness (QED) is 0.634. The fourth-order valence-electron chi connectivity index (χ4n) is 3.93. The highest BCUT2D eigenvalue weighted by Crippen LogP contribution is 2.35. The molecule has 0 bridgehead atoms. The molecule has 154 valence electrons. The lowest BCUT2D eigenvalue weighted by Gasteiger charge is -2.27. The molecule has 7 nitrogen and oxygen atoms in total. The maximum Gasteiger partial charge on any atom is 0.223 e. The van der Waals surface area contributed by atoms with Crippen molar-refractivity contribution in [1.82, 2.24) is 20.3 Å². The number of nitrogens with one attached hydrogen (secondary N) is 1. The smallest absolute Gasteiger partial charge is 0.223 e. The molecule has 3 heterocycles. The minimum Gasteiger partial charge on any atom is -0.381 e. The molecule has 0 aromatic carbocycles. The average molecular weight is 415 g/mol. The van der Waals surface area contributed by atoms with Gasteiger partial charge >= 0.3 is 0 Å². The molecule has 2 atom stereocenters. The normalized spacial score (nSPS) is 19.4. The second-order valence-electron chi connectivity index (χ2n) is 7.45. The number of rotatable bonds is 7. The largest absolute Gasteiger partial charge is 0.381 e. The Bertz CT molecular complexity index is 947. The van der Waals surface area contributed by atoms with Crippen LogP contribution in [0.15, 0.2) is 34.3 Å². The van der Waals surface area contributed by atoms with Crippen LogP contribution < -0.4 is 5.32 Å². The van der Waals surface area contributed by atoms with E-state index in [2.05, 4.69) is 21.6 Å². The summed E-state index contributed by atoms with van der Waals surface area (Å²) in [7, 11) is 1.72. The van der Waals surface area contributed by atoms with Crippen molar-refractivity contribution < 1.29 is 14.1 Å². The third-order valence-corrected chi connectivity index (χ3v) is 6.32. The number of amides is 1. The summed E-state index contributed by atoms with van der Waals surface area (Å²) in [6.45, 7) is 3.02. The predicted octanol–water partition coefficient (Wildman–Crippen LogP) is 3.90. The lowest BCUT2D eigenvalue weighted by molar-refractivity contribution is -0.127. The van der Waals surface area contributed by atoms with Crippen molar-refractivity contribution in [3.63, 3.8) is 0 Å². The van der Waals surface area contributed by atoms with Crippen LogP contribution in [-0.2, 0) is 16.1 Å². The van der Waals surface area contributed by atoms with Gasteiger partial charge in [-0.25, -0.2) is 0 Å². The van der Waals surface area contributed by atoms with Gasteiger partial charge in [-0.05, 0) is 37.6 Å². The maximum atomic E-state index is 12.6. The molecule has 1 aliphatic carbocycles. The fraction of sp³-hybridized carbons (Fsp3) is 0.476. The topological polar surface area (TPSA) is 82.2 Å². The van der Waals surface area contributed by atoms with Crippen molar-refractivity contribution >= 4 is 17.2 Å². The Kier molecular flexibility index (Phi) is 6.10. The third kappa shape index (κ3) is 4.43. The molecule has 1 amide bonds. The van der Waals surface area contributed by atoms with E-state index in [1.54, 1.807) is 24.6 Å². The number of ether oxygens (including phenoxy) is 1.